The van der Waals surface area contributed by atoms with Crippen molar-refractivity contribution in [3.63, 3.8) is 0 Å². The van der Waals surface area contributed by atoms with Gasteiger partial charge in [-0.1, -0.05) is 13.0 Å². The van der Waals surface area contributed by atoms with E-state index in [4.69, 9.17) is 0 Å². The average molecular weight is 221 g/mol. The number of nitrogens with one attached hydrogen (secondary N) is 1. The zero-order valence-electron chi connectivity index (χ0n) is 11.0. The highest BCUT2D eigenvalue weighted by atomic mass is 15.2. The van der Waals surface area contributed by atoms with Gasteiger partial charge in [-0.3, -0.25) is 4.98 Å². The topological polar surface area (TPSA) is 28.2 Å². The molecule has 0 aliphatic carbocycles. The first-order valence-electron chi connectivity index (χ1n) is 5.81. The Hall–Kier alpha value is -0.930. The zero-order chi connectivity index (χ0) is 12.2. The summed E-state index contributed by atoms with van der Waals surface area (Å²) in [6.07, 6.45) is 3.76. The lowest BCUT2D eigenvalue weighted by molar-refractivity contribution is 0.139. The average Bonchev–Trinajstić information content (AvgIpc) is 2.26. The molecular weight excluding hydrogens is 198 g/mol. The molecular formula is C13H23N3. The SMILES string of the molecule is CCNC(c1cccnc1)C(C)(C)N(C)C. The van der Waals surface area contributed by atoms with Gasteiger partial charge in [0.25, 0.3) is 0 Å². The van der Waals surface area contributed by atoms with E-state index in [1.165, 1.54) is 5.56 Å². The highest BCUT2D eigenvalue weighted by Gasteiger charge is 2.32. The van der Waals surface area contributed by atoms with Gasteiger partial charge < -0.3 is 10.2 Å². The molecule has 0 bridgehead atoms. The Labute approximate surface area is 98.9 Å². The minimum absolute atomic E-state index is 0.0546. The number of pyridine rings is 1. The third kappa shape index (κ3) is 2.80. The summed E-state index contributed by atoms with van der Waals surface area (Å²) in [5, 5.41) is 3.54. The highest BCUT2D eigenvalue weighted by molar-refractivity contribution is 5.18. The van der Waals surface area contributed by atoms with Gasteiger partial charge in [0.1, 0.15) is 0 Å². The Morgan fingerprint density at radius 1 is 1.44 bits per heavy atom. The standard InChI is InChI=1S/C13H23N3/c1-6-15-12(13(2,3)16(4)5)11-8-7-9-14-10-11/h7-10,12,15H,6H2,1-5H3. The van der Waals surface area contributed by atoms with Crippen LogP contribution in [0.4, 0.5) is 0 Å². The van der Waals surface area contributed by atoms with Crippen molar-refractivity contribution in [2.45, 2.75) is 32.4 Å². The maximum Gasteiger partial charge on any atom is 0.0516 e. The second-order valence-electron chi connectivity index (χ2n) is 4.83. The van der Waals surface area contributed by atoms with Gasteiger partial charge in [0.15, 0.2) is 0 Å². The third-order valence-corrected chi connectivity index (χ3v) is 3.29. The molecule has 1 aromatic rings. The molecule has 0 aromatic carbocycles. The first kappa shape index (κ1) is 13.1. The summed E-state index contributed by atoms with van der Waals surface area (Å²) in [5.41, 5.74) is 1.29. The summed E-state index contributed by atoms with van der Waals surface area (Å²) in [6, 6.07) is 4.41. The first-order chi connectivity index (χ1) is 7.50. The summed E-state index contributed by atoms with van der Waals surface area (Å²) in [4.78, 5) is 6.45. The van der Waals surface area contributed by atoms with Crippen LogP contribution in [0.1, 0.15) is 32.4 Å². The molecule has 0 radical (unpaired) electrons. The van der Waals surface area contributed by atoms with Gasteiger partial charge in [0, 0.05) is 17.9 Å². The monoisotopic (exact) mass is 221 g/mol. The van der Waals surface area contributed by atoms with Crippen LogP contribution in [0, 0.1) is 0 Å². The molecule has 1 aromatic heterocycles. The maximum atomic E-state index is 4.20. The van der Waals surface area contributed by atoms with E-state index in [1.807, 2.05) is 18.5 Å². The molecule has 90 valence electrons. The van der Waals surface area contributed by atoms with Crippen molar-refractivity contribution in [1.29, 1.82) is 0 Å². The number of hydrogen-bond acceptors (Lipinski definition) is 3. The number of aromatic nitrogens is 1. The van der Waals surface area contributed by atoms with Crippen molar-refractivity contribution in [1.82, 2.24) is 15.2 Å². The Bertz CT molecular complexity index is 306. The second kappa shape index (κ2) is 5.41. The summed E-state index contributed by atoms with van der Waals surface area (Å²) in [5.74, 6) is 0. The zero-order valence-corrected chi connectivity index (χ0v) is 11.0. The lowest BCUT2D eigenvalue weighted by atomic mass is 9.88. The van der Waals surface area contributed by atoms with Crippen LogP contribution in [0.15, 0.2) is 24.5 Å². The summed E-state index contributed by atoms with van der Waals surface area (Å²) in [6.45, 7) is 7.58. The predicted molar refractivity (Wildman–Crippen MR) is 68.4 cm³/mol. The Balaban J connectivity index is 3.00. The van der Waals surface area contributed by atoms with Gasteiger partial charge in [0.05, 0.1) is 6.04 Å². The molecule has 0 aliphatic rings. The molecule has 0 amide bonds. The van der Waals surface area contributed by atoms with E-state index in [0.717, 1.165) is 6.54 Å². The van der Waals surface area contributed by atoms with E-state index >= 15 is 0 Å². The van der Waals surface area contributed by atoms with Crippen LogP contribution in [0.5, 0.6) is 0 Å². The van der Waals surface area contributed by atoms with Crippen LogP contribution in [0.25, 0.3) is 0 Å². The van der Waals surface area contributed by atoms with Crippen molar-refractivity contribution < 1.29 is 0 Å². The van der Waals surface area contributed by atoms with Gasteiger partial charge in [0.2, 0.25) is 0 Å². The van der Waals surface area contributed by atoms with Crippen LogP contribution < -0.4 is 5.32 Å². The fraction of sp³-hybridized carbons (Fsp3) is 0.615. The molecule has 1 rings (SSSR count). The van der Waals surface area contributed by atoms with Gasteiger partial charge in [-0.05, 0) is 46.1 Å². The molecule has 1 atom stereocenters. The number of rotatable bonds is 5. The van der Waals surface area contributed by atoms with Gasteiger partial charge in [-0.2, -0.15) is 0 Å². The largest absolute Gasteiger partial charge is 0.309 e. The molecule has 0 aliphatic heterocycles. The van der Waals surface area contributed by atoms with Crippen molar-refractivity contribution in [3.05, 3.63) is 30.1 Å². The normalized spacial score (nSPS) is 14.1. The smallest absolute Gasteiger partial charge is 0.0516 e. The fourth-order valence-electron chi connectivity index (χ4n) is 1.78. The van der Waals surface area contributed by atoms with Crippen LogP contribution in [-0.4, -0.2) is 36.1 Å². The Morgan fingerprint density at radius 2 is 2.12 bits per heavy atom. The van der Waals surface area contributed by atoms with Gasteiger partial charge in [-0.25, -0.2) is 0 Å². The summed E-state index contributed by atoms with van der Waals surface area (Å²) >= 11 is 0. The van der Waals surface area contributed by atoms with Gasteiger partial charge >= 0.3 is 0 Å². The Kier molecular flexibility index (Phi) is 4.44. The minimum atomic E-state index is 0.0546. The maximum absolute atomic E-state index is 4.20. The highest BCUT2D eigenvalue weighted by Crippen LogP contribution is 2.28. The van der Waals surface area contributed by atoms with Crippen LogP contribution in [-0.2, 0) is 0 Å². The van der Waals surface area contributed by atoms with Crippen molar-refractivity contribution >= 4 is 0 Å². The van der Waals surface area contributed by atoms with E-state index < -0.39 is 0 Å². The third-order valence-electron chi connectivity index (χ3n) is 3.29. The van der Waals surface area contributed by atoms with Crippen molar-refractivity contribution in [2.75, 3.05) is 20.6 Å². The van der Waals surface area contributed by atoms with E-state index in [9.17, 15) is 0 Å². The molecule has 1 heterocycles. The molecule has 16 heavy (non-hydrogen) atoms. The van der Waals surface area contributed by atoms with Crippen LogP contribution in [0.2, 0.25) is 0 Å². The molecule has 0 saturated heterocycles. The molecule has 3 nitrogen and oxygen atoms in total. The molecule has 0 fully saturated rings. The van der Waals surface area contributed by atoms with E-state index in [2.05, 4.69) is 56.1 Å². The molecule has 3 heteroatoms. The van der Waals surface area contributed by atoms with Crippen LogP contribution in [0.3, 0.4) is 0 Å². The molecule has 1 unspecified atom stereocenters. The van der Waals surface area contributed by atoms with Crippen molar-refractivity contribution in [3.8, 4) is 0 Å². The van der Waals surface area contributed by atoms with E-state index in [0.29, 0.717) is 6.04 Å². The molecule has 0 spiro atoms. The van der Waals surface area contributed by atoms with Crippen molar-refractivity contribution in [2.24, 2.45) is 0 Å². The van der Waals surface area contributed by atoms with Crippen LogP contribution >= 0.6 is 0 Å². The summed E-state index contributed by atoms with van der Waals surface area (Å²) < 4.78 is 0. The quantitative estimate of drug-likeness (QED) is 0.825. The number of likely N-dealkylation sites (N-methyl/N-ethyl adjacent to an activating group) is 2. The lowest BCUT2D eigenvalue weighted by Crippen LogP contribution is -2.49. The summed E-state index contributed by atoms with van der Waals surface area (Å²) in [7, 11) is 4.22. The van der Waals surface area contributed by atoms with E-state index in [1.54, 1.807) is 0 Å². The number of hydrogen-bond donors (Lipinski definition) is 1. The van der Waals surface area contributed by atoms with E-state index in [-0.39, 0.29) is 5.54 Å². The lowest BCUT2D eigenvalue weighted by Gasteiger charge is -2.40. The first-order valence-corrected chi connectivity index (χ1v) is 5.81. The minimum Gasteiger partial charge on any atom is -0.309 e. The second-order valence-corrected chi connectivity index (χ2v) is 4.83. The number of nitrogens with zero attached hydrogens (tertiary/aromatic N) is 2. The predicted octanol–water partition coefficient (Wildman–Crippen LogP) is 2.07. The molecule has 0 saturated carbocycles. The fourth-order valence-corrected chi connectivity index (χ4v) is 1.78. The Morgan fingerprint density at radius 3 is 2.56 bits per heavy atom. The molecule has 1 N–H and O–H groups in total. The van der Waals surface area contributed by atoms with Gasteiger partial charge in [-0.15, -0.1) is 0 Å².